The normalized spacial score (nSPS) is 16.8. The van der Waals surface area contributed by atoms with E-state index in [-0.39, 0.29) is 5.91 Å². The molecule has 146 valence electrons. The molecule has 5 heteroatoms. The third-order valence-corrected chi connectivity index (χ3v) is 5.52. The molecule has 1 N–H and O–H groups in total. The number of fused-ring (bicyclic) bond motifs is 1. The summed E-state index contributed by atoms with van der Waals surface area (Å²) in [6.07, 6.45) is 4.56. The summed E-state index contributed by atoms with van der Waals surface area (Å²) in [6.45, 7) is 5.38. The van der Waals surface area contributed by atoms with Crippen molar-refractivity contribution in [2.75, 3.05) is 39.9 Å². The Kier molecular flexibility index (Phi) is 5.63. The highest BCUT2D eigenvalue weighted by Crippen LogP contribution is 2.25. The van der Waals surface area contributed by atoms with Crippen LogP contribution in [0.4, 0.5) is 0 Å². The smallest absolute Gasteiger partial charge is 0.246 e. The van der Waals surface area contributed by atoms with E-state index in [4.69, 9.17) is 9.47 Å². The number of quaternary nitrogens is 1. The van der Waals surface area contributed by atoms with E-state index in [1.807, 2.05) is 35.2 Å². The first-order chi connectivity index (χ1) is 13.7. The van der Waals surface area contributed by atoms with Crippen LogP contribution < -0.4 is 14.4 Å². The average molecular weight is 379 g/mol. The summed E-state index contributed by atoms with van der Waals surface area (Å²) in [5.41, 5.74) is 3.69. The second-order valence-corrected chi connectivity index (χ2v) is 7.40. The molecule has 4 rings (SSSR count). The lowest BCUT2D eigenvalue weighted by molar-refractivity contribution is -0.917. The number of nitrogens with one attached hydrogen (secondary N) is 1. The van der Waals surface area contributed by atoms with Crippen molar-refractivity contribution in [2.24, 2.45) is 0 Å². The Morgan fingerprint density at radius 3 is 2.71 bits per heavy atom. The SMILES string of the molecule is COc1ccc(/C=C/C(=O)N2CC[NH+](Cc3ccc4c(c3)CCO4)CC2)cc1. The molecule has 0 spiro atoms. The van der Waals surface area contributed by atoms with Gasteiger partial charge in [0.1, 0.15) is 18.0 Å². The van der Waals surface area contributed by atoms with Crippen molar-refractivity contribution in [1.29, 1.82) is 0 Å². The maximum absolute atomic E-state index is 12.5. The Balaban J connectivity index is 1.27. The lowest BCUT2D eigenvalue weighted by atomic mass is 10.1. The van der Waals surface area contributed by atoms with Crippen molar-refractivity contribution in [3.05, 3.63) is 65.2 Å². The number of nitrogens with zero attached hydrogens (tertiary/aromatic N) is 1. The first kappa shape index (κ1) is 18.6. The number of piperazine rings is 1. The van der Waals surface area contributed by atoms with Gasteiger partial charge in [-0.05, 0) is 47.5 Å². The zero-order valence-electron chi connectivity index (χ0n) is 16.3. The zero-order valence-corrected chi connectivity index (χ0v) is 16.3. The number of hydrogen-bond acceptors (Lipinski definition) is 3. The van der Waals surface area contributed by atoms with E-state index in [2.05, 4.69) is 18.2 Å². The van der Waals surface area contributed by atoms with Gasteiger partial charge in [-0.2, -0.15) is 0 Å². The Bertz CT molecular complexity index is 853. The zero-order chi connectivity index (χ0) is 19.3. The van der Waals surface area contributed by atoms with Crippen molar-refractivity contribution in [2.45, 2.75) is 13.0 Å². The number of methoxy groups -OCH3 is 1. The molecule has 2 aliphatic rings. The largest absolute Gasteiger partial charge is 0.497 e. The van der Waals surface area contributed by atoms with Gasteiger partial charge >= 0.3 is 0 Å². The molecule has 1 saturated heterocycles. The van der Waals surface area contributed by atoms with Crippen LogP contribution in [0, 0.1) is 0 Å². The minimum absolute atomic E-state index is 0.0875. The molecule has 2 aliphatic heterocycles. The standard InChI is InChI=1S/C23H26N2O3/c1-27-21-6-2-18(3-7-21)5-9-23(26)25-13-11-24(12-14-25)17-19-4-8-22-20(16-19)10-15-28-22/h2-9,16H,10-15,17H2,1H3/p+1/b9-5+. The average Bonchev–Trinajstić information content (AvgIpc) is 3.21. The molecule has 0 radical (unpaired) electrons. The molecule has 0 atom stereocenters. The number of hydrogen-bond donors (Lipinski definition) is 1. The molecule has 2 heterocycles. The molecule has 0 unspecified atom stereocenters. The quantitative estimate of drug-likeness (QED) is 0.802. The summed E-state index contributed by atoms with van der Waals surface area (Å²) in [4.78, 5) is 16.0. The summed E-state index contributed by atoms with van der Waals surface area (Å²) >= 11 is 0. The maximum atomic E-state index is 12.5. The van der Waals surface area contributed by atoms with Crippen molar-refractivity contribution >= 4 is 12.0 Å². The monoisotopic (exact) mass is 379 g/mol. The van der Waals surface area contributed by atoms with Gasteiger partial charge in [0, 0.05) is 18.1 Å². The van der Waals surface area contributed by atoms with Gasteiger partial charge in [0.05, 0.1) is 39.9 Å². The molecular weight excluding hydrogens is 352 g/mol. The van der Waals surface area contributed by atoms with Crippen LogP contribution in [0.5, 0.6) is 11.5 Å². The third kappa shape index (κ3) is 4.37. The second kappa shape index (κ2) is 8.48. The molecule has 0 aliphatic carbocycles. The topological polar surface area (TPSA) is 43.2 Å². The summed E-state index contributed by atoms with van der Waals surface area (Å²) in [5, 5.41) is 0. The highest BCUT2D eigenvalue weighted by molar-refractivity contribution is 5.91. The van der Waals surface area contributed by atoms with Gasteiger partial charge in [-0.1, -0.05) is 12.1 Å². The Labute approximate surface area is 166 Å². The maximum Gasteiger partial charge on any atom is 0.246 e. The number of carbonyl (C=O) groups is 1. The molecule has 5 nitrogen and oxygen atoms in total. The van der Waals surface area contributed by atoms with Gasteiger partial charge in [-0.25, -0.2) is 0 Å². The fourth-order valence-electron chi connectivity index (χ4n) is 3.85. The highest BCUT2D eigenvalue weighted by atomic mass is 16.5. The van der Waals surface area contributed by atoms with E-state index in [0.717, 1.165) is 62.8 Å². The Morgan fingerprint density at radius 1 is 1.18 bits per heavy atom. The lowest BCUT2D eigenvalue weighted by Crippen LogP contribution is -3.13. The van der Waals surface area contributed by atoms with Crippen LogP contribution in [0.1, 0.15) is 16.7 Å². The second-order valence-electron chi connectivity index (χ2n) is 7.40. The van der Waals surface area contributed by atoms with E-state index in [1.54, 1.807) is 13.2 Å². The van der Waals surface area contributed by atoms with Crippen LogP contribution in [0.15, 0.2) is 48.5 Å². The first-order valence-corrected chi connectivity index (χ1v) is 9.90. The van der Waals surface area contributed by atoms with Crippen LogP contribution in [0.3, 0.4) is 0 Å². The van der Waals surface area contributed by atoms with Crippen molar-refractivity contribution < 1.29 is 19.2 Å². The van der Waals surface area contributed by atoms with Crippen LogP contribution >= 0.6 is 0 Å². The van der Waals surface area contributed by atoms with E-state index >= 15 is 0 Å². The van der Waals surface area contributed by atoms with Crippen molar-refractivity contribution in [1.82, 2.24) is 4.90 Å². The van der Waals surface area contributed by atoms with Gasteiger partial charge < -0.3 is 19.3 Å². The first-order valence-electron chi connectivity index (χ1n) is 9.90. The molecule has 1 fully saturated rings. The molecule has 1 amide bonds. The Morgan fingerprint density at radius 2 is 1.96 bits per heavy atom. The van der Waals surface area contributed by atoms with Gasteiger partial charge in [-0.15, -0.1) is 0 Å². The number of benzene rings is 2. The predicted octanol–water partition coefficient (Wildman–Crippen LogP) is 1.57. The van der Waals surface area contributed by atoms with Crippen LogP contribution in [-0.2, 0) is 17.8 Å². The molecule has 2 aromatic rings. The molecule has 28 heavy (non-hydrogen) atoms. The molecule has 2 aromatic carbocycles. The van der Waals surface area contributed by atoms with Gasteiger partial charge in [-0.3, -0.25) is 4.79 Å². The van der Waals surface area contributed by atoms with Crippen LogP contribution in [0.2, 0.25) is 0 Å². The fraction of sp³-hybridized carbons (Fsp3) is 0.348. The van der Waals surface area contributed by atoms with E-state index in [1.165, 1.54) is 16.0 Å². The van der Waals surface area contributed by atoms with E-state index < -0.39 is 0 Å². The van der Waals surface area contributed by atoms with Crippen molar-refractivity contribution in [3.8, 4) is 11.5 Å². The number of carbonyl (C=O) groups excluding carboxylic acids is 1. The van der Waals surface area contributed by atoms with Crippen LogP contribution in [-0.4, -0.2) is 50.7 Å². The van der Waals surface area contributed by atoms with Crippen LogP contribution in [0.25, 0.3) is 6.08 Å². The number of ether oxygens (including phenoxy) is 2. The summed E-state index contributed by atoms with van der Waals surface area (Å²) in [5.74, 6) is 1.95. The molecule has 0 aromatic heterocycles. The minimum atomic E-state index is 0.0875. The Hall–Kier alpha value is -2.79. The van der Waals surface area contributed by atoms with E-state index in [0.29, 0.717) is 0 Å². The highest BCUT2D eigenvalue weighted by Gasteiger charge is 2.23. The van der Waals surface area contributed by atoms with Crippen molar-refractivity contribution in [3.63, 3.8) is 0 Å². The minimum Gasteiger partial charge on any atom is -0.497 e. The van der Waals surface area contributed by atoms with Gasteiger partial charge in [0.15, 0.2) is 0 Å². The number of amides is 1. The van der Waals surface area contributed by atoms with E-state index in [9.17, 15) is 4.79 Å². The summed E-state index contributed by atoms with van der Waals surface area (Å²) < 4.78 is 10.7. The van der Waals surface area contributed by atoms with Gasteiger partial charge in [0.2, 0.25) is 5.91 Å². The summed E-state index contributed by atoms with van der Waals surface area (Å²) in [7, 11) is 1.65. The fourth-order valence-corrected chi connectivity index (χ4v) is 3.85. The summed E-state index contributed by atoms with van der Waals surface area (Å²) in [6, 6.07) is 14.3. The number of rotatable bonds is 5. The van der Waals surface area contributed by atoms with Gasteiger partial charge in [0.25, 0.3) is 0 Å². The molecular formula is C23H27N2O3+. The molecule has 0 saturated carbocycles. The lowest BCUT2D eigenvalue weighted by Gasteiger charge is -2.31. The molecule has 0 bridgehead atoms. The third-order valence-electron chi connectivity index (χ3n) is 5.52. The predicted molar refractivity (Wildman–Crippen MR) is 109 cm³/mol.